The maximum absolute atomic E-state index is 13.1. The minimum Gasteiger partial charge on any atom is -0.298 e. The van der Waals surface area contributed by atoms with Gasteiger partial charge in [0, 0.05) is 11.1 Å². The van der Waals surface area contributed by atoms with E-state index in [4.69, 9.17) is 11.6 Å². The van der Waals surface area contributed by atoms with Crippen molar-refractivity contribution >= 4 is 50.3 Å². The Labute approximate surface area is 135 Å². The van der Waals surface area contributed by atoms with Crippen LogP contribution in [0.5, 0.6) is 0 Å². The van der Waals surface area contributed by atoms with Crippen molar-refractivity contribution in [1.82, 2.24) is 4.98 Å². The molecule has 0 aliphatic heterocycles. The fourth-order valence-electron chi connectivity index (χ4n) is 1.87. The lowest BCUT2D eigenvalue weighted by Crippen LogP contribution is -2.07. The van der Waals surface area contributed by atoms with Gasteiger partial charge in [-0.05, 0) is 35.9 Å². The van der Waals surface area contributed by atoms with Gasteiger partial charge in [0.05, 0.1) is 10.2 Å². The highest BCUT2D eigenvalue weighted by molar-refractivity contribution is 7.22. The molecule has 110 valence electrons. The minimum atomic E-state index is -0.326. The van der Waals surface area contributed by atoms with Crippen LogP contribution in [0.2, 0.25) is 5.02 Å². The van der Waals surface area contributed by atoms with Gasteiger partial charge in [-0.25, -0.2) is 9.37 Å². The molecule has 0 saturated carbocycles. The summed E-state index contributed by atoms with van der Waals surface area (Å²) >= 11 is 7.23. The summed E-state index contributed by atoms with van der Waals surface area (Å²) in [5.41, 5.74) is 1.41. The number of benzene rings is 2. The molecule has 0 fully saturated rings. The van der Waals surface area contributed by atoms with Crippen LogP contribution in [0.1, 0.15) is 5.56 Å². The molecule has 1 heterocycles. The van der Waals surface area contributed by atoms with Crippen molar-refractivity contribution in [3.63, 3.8) is 0 Å². The number of nitrogens with zero attached hydrogens (tertiary/aromatic N) is 1. The third-order valence-corrected chi connectivity index (χ3v) is 4.18. The number of rotatable bonds is 3. The lowest BCUT2D eigenvalue weighted by Gasteiger charge is -1.97. The van der Waals surface area contributed by atoms with Crippen molar-refractivity contribution < 1.29 is 9.18 Å². The van der Waals surface area contributed by atoms with Crippen LogP contribution >= 0.6 is 22.9 Å². The van der Waals surface area contributed by atoms with Gasteiger partial charge >= 0.3 is 0 Å². The van der Waals surface area contributed by atoms with E-state index in [0.717, 1.165) is 5.56 Å². The number of nitrogens with one attached hydrogen (secondary N) is 1. The Morgan fingerprint density at radius 1 is 1.27 bits per heavy atom. The SMILES string of the molecule is O=C(C=Cc1ccccc1Cl)Nc1nc2ccc(F)cc2s1. The summed E-state index contributed by atoms with van der Waals surface area (Å²) in [4.78, 5) is 16.1. The first-order chi connectivity index (χ1) is 10.6. The van der Waals surface area contributed by atoms with E-state index in [0.29, 0.717) is 20.4 Å². The van der Waals surface area contributed by atoms with Crippen LogP contribution in [0, 0.1) is 5.82 Å². The predicted molar refractivity (Wildman–Crippen MR) is 88.7 cm³/mol. The minimum absolute atomic E-state index is 0.320. The monoisotopic (exact) mass is 332 g/mol. The van der Waals surface area contributed by atoms with Crippen LogP contribution in [0.15, 0.2) is 48.5 Å². The smallest absolute Gasteiger partial charge is 0.250 e. The molecule has 0 spiro atoms. The zero-order chi connectivity index (χ0) is 15.5. The van der Waals surface area contributed by atoms with Crippen molar-refractivity contribution in [2.24, 2.45) is 0 Å². The molecule has 0 radical (unpaired) electrons. The zero-order valence-corrected chi connectivity index (χ0v) is 12.8. The number of carbonyl (C=O) groups is 1. The number of carbonyl (C=O) groups excluding carboxylic acids is 1. The van der Waals surface area contributed by atoms with Crippen LogP contribution in [0.25, 0.3) is 16.3 Å². The number of fused-ring (bicyclic) bond motifs is 1. The molecule has 0 saturated heterocycles. The van der Waals surface area contributed by atoms with Crippen LogP contribution in [0.3, 0.4) is 0 Å². The van der Waals surface area contributed by atoms with Gasteiger partial charge < -0.3 is 0 Å². The third-order valence-electron chi connectivity index (χ3n) is 2.90. The summed E-state index contributed by atoms with van der Waals surface area (Å²) in [5, 5.41) is 3.65. The first-order valence-corrected chi connectivity index (χ1v) is 7.61. The van der Waals surface area contributed by atoms with Crippen molar-refractivity contribution in [2.45, 2.75) is 0 Å². The average molecular weight is 333 g/mol. The van der Waals surface area contributed by atoms with Crippen molar-refractivity contribution in [2.75, 3.05) is 5.32 Å². The Morgan fingerprint density at radius 2 is 2.09 bits per heavy atom. The molecule has 0 unspecified atom stereocenters. The summed E-state index contributed by atoms with van der Waals surface area (Å²) in [5.74, 6) is -0.646. The molecular weight excluding hydrogens is 323 g/mol. The summed E-state index contributed by atoms with van der Waals surface area (Å²) < 4.78 is 13.8. The molecule has 3 aromatic rings. The van der Waals surface area contributed by atoms with E-state index in [2.05, 4.69) is 10.3 Å². The van der Waals surface area contributed by atoms with Crippen LogP contribution in [0.4, 0.5) is 9.52 Å². The van der Waals surface area contributed by atoms with Crippen molar-refractivity contribution in [3.05, 3.63) is 64.9 Å². The van der Waals surface area contributed by atoms with Gasteiger partial charge in [0.1, 0.15) is 5.82 Å². The van der Waals surface area contributed by atoms with Gasteiger partial charge in [0.2, 0.25) is 5.91 Å². The highest BCUT2D eigenvalue weighted by Crippen LogP contribution is 2.26. The molecule has 1 aromatic heterocycles. The number of anilines is 1. The van der Waals surface area contributed by atoms with Gasteiger partial charge in [-0.2, -0.15) is 0 Å². The van der Waals surface area contributed by atoms with Gasteiger partial charge in [0.15, 0.2) is 5.13 Å². The summed E-state index contributed by atoms with van der Waals surface area (Å²) in [6.07, 6.45) is 3.01. The first kappa shape index (κ1) is 14.7. The van der Waals surface area contributed by atoms with Gasteiger partial charge in [-0.15, -0.1) is 0 Å². The molecule has 0 bridgehead atoms. The molecule has 22 heavy (non-hydrogen) atoms. The van der Waals surface area contributed by atoms with Gasteiger partial charge in [-0.3, -0.25) is 10.1 Å². The van der Waals surface area contributed by atoms with E-state index in [1.807, 2.05) is 18.2 Å². The van der Waals surface area contributed by atoms with E-state index in [1.165, 1.54) is 29.5 Å². The highest BCUT2D eigenvalue weighted by Gasteiger charge is 2.06. The maximum Gasteiger partial charge on any atom is 0.250 e. The Bertz CT molecular complexity index is 875. The van der Waals surface area contributed by atoms with Crippen LogP contribution < -0.4 is 5.32 Å². The molecule has 6 heteroatoms. The Morgan fingerprint density at radius 3 is 2.91 bits per heavy atom. The van der Waals surface area contributed by atoms with E-state index in [9.17, 15) is 9.18 Å². The summed E-state index contributed by atoms with van der Waals surface area (Å²) in [7, 11) is 0. The average Bonchev–Trinajstić information content (AvgIpc) is 2.87. The van der Waals surface area contributed by atoms with Crippen molar-refractivity contribution in [1.29, 1.82) is 0 Å². The second-order valence-corrected chi connectivity index (χ2v) is 5.91. The maximum atomic E-state index is 13.1. The molecule has 1 N–H and O–H groups in total. The topological polar surface area (TPSA) is 42.0 Å². The molecule has 0 aliphatic rings. The second kappa shape index (κ2) is 6.25. The number of aromatic nitrogens is 1. The summed E-state index contributed by atoms with van der Waals surface area (Å²) in [6.45, 7) is 0. The molecular formula is C16H10ClFN2OS. The van der Waals surface area contributed by atoms with E-state index >= 15 is 0 Å². The largest absolute Gasteiger partial charge is 0.298 e. The third kappa shape index (κ3) is 3.32. The number of hydrogen-bond acceptors (Lipinski definition) is 3. The molecule has 2 aromatic carbocycles. The number of amides is 1. The van der Waals surface area contributed by atoms with Crippen LogP contribution in [-0.2, 0) is 4.79 Å². The number of thiazole rings is 1. The Balaban J connectivity index is 1.74. The summed E-state index contributed by atoms with van der Waals surface area (Å²) in [6, 6.07) is 11.5. The molecule has 1 amide bonds. The van der Waals surface area contributed by atoms with Gasteiger partial charge in [0.25, 0.3) is 0 Å². The lowest BCUT2D eigenvalue weighted by atomic mass is 10.2. The highest BCUT2D eigenvalue weighted by atomic mass is 35.5. The van der Waals surface area contributed by atoms with E-state index in [1.54, 1.807) is 18.2 Å². The molecule has 3 nitrogen and oxygen atoms in total. The Kier molecular flexibility index (Phi) is 4.18. The standard InChI is InChI=1S/C16H10ClFN2OS/c17-12-4-2-1-3-10(12)5-8-15(21)20-16-19-13-7-6-11(18)9-14(13)22-16/h1-9H,(H,19,20,21). The zero-order valence-electron chi connectivity index (χ0n) is 11.2. The lowest BCUT2D eigenvalue weighted by molar-refractivity contribution is -0.111. The number of hydrogen-bond donors (Lipinski definition) is 1. The molecule has 0 atom stereocenters. The Hall–Kier alpha value is -2.24. The fourth-order valence-corrected chi connectivity index (χ4v) is 2.97. The fraction of sp³-hybridized carbons (Fsp3) is 0. The number of halogens is 2. The van der Waals surface area contributed by atoms with E-state index in [-0.39, 0.29) is 11.7 Å². The van der Waals surface area contributed by atoms with Gasteiger partial charge in [-0.1, -0.05) is 41.1 Å². The predicted octanol–water partition coefficient (Wildman–Crippen LogP) is 4.74. The first-order valence-electron chi connectivity index (χ1n) is 6.41. The normalized spacial score (nSPS) is 11.2. The molecule has 3 rings (SSSR count). The second-order valence-electron chi connectivity index (χ2n) is 4.48. The van der Waals surface area contributed by atoms with E-state index < -0.39 is 0 Å². The van der Waals surface area contributed by atoms with Crippen molar-refractivity contribution in [3.8, 4) is 0 Å². The quantitative estimate of drug-likeness (QED) is 0.704. The molecule has 0 aliphatic carbocycles. The van der Waals surface area contributed by atoms with Crippen LogP contribution in [-0.4, -0.2) is 10.9 Å².